The van der Waals surface area contributed by atoms with E-state index in [-0.39, 0.29) is 30.2 Å². The van der Waals surface area contributed by atoms with Crippen LogP contribution in [0.15, 0.2) is 12.2 Å². The highest BCUT2D eigenvalue weighted by Crippen LogP contribution is 2.37. The highest BCUT2D eigenvalue weighted by atomic mass is 16.4. The number of hydrogen-bond donors (Lipinski definition) is 1. The predicted octanol–water partition coefficient (Wildman–Crippen LogP) is 1.44. The first-order valence-corrected chi connectivity index (χ1v) is 6.64. The summed E-state index contributed by atoms with van der Waals surface area (Å²) in [6, 6.07) is 0. The van der Waals surface area contributed by atoms with Crippen molar-refractivity contribution in [2.75, 3.05) is 6.54 Å². The largest absolute Gasteiger partial charge is 0.481 e. The molecule has 0 radical (unpaired) electrons. The third-order valence-corrected chi connectivity index (χ3v) is 4.40. The predicted molar refractivity (Wildman–Crippen MR) is 68.1 cm³/mol. The molecule has 0 saturated carbocycles. The Hall–Kier alpha value is -1.65. The molecule has 1 aliphatic heterocycles. The molecule has 1 aliphatic carbocycles. The van der Waals surface area contributed by atoms with Crippen LogP contribution in [0.2, 0.25) is 0 Å². The van der Waals surface area contributed by atoms with Crippen LogP contribution in [-0.2, 0) is 14.4 Å². The number of carbonyl (C=O) groups is 3. The molecule has 2 aliphatic rings. The molecule has 2 amide bonds. The van der Waals surface area contributed by atoms with Crippen LogP contribution in [0.1, 0.15) is 33.1 Å². The molecule has 5 heteroatoms. The Kier molecular flexibility index (Phi) is 3.47. The van der Waals surface area contributed by atoms with E-state index in [9.17, 15) is 19.5 Å². The summed E-state index contributed by atoms with van der Waals surface area (Å²) in [5, 5.41) is 9.26. The van der Waals surface area contributed by atoms with E-state index in [1.54, 1.807) is 13.8 Å². The van der Waals surface area contributed by atoms with Gasteiger partial charge in [0.05, 0.1) is 17.3 Å². The molecule has 19 heavy (non-hydrogen) atoms. The van der Waals surface area contributed by atoms with Crippen molar-refractivity contribution in [3.05, 3.63) is 12.2 Å². The molecule has 1 heterocycles. The molecule has 3 atom stereocenters. The van der Waals surface area contributed by atoms with Crippen LogP contribution in [-0.4, -0.2) is 34.3 Å². The zero-order valence-electron chi connectivity index (χ0n) is 11.3. The van der Waals surface area contributed by atoms with Gasteiger partial charge in [0.15, 0.2) is 0 Å². The molecule has 0 aromatic carbocycles. The van der Waals surface area contributed by atoms with Crippen molar-refractivity contribution < 1.29 is 19.5 Å². The Morgan fingerprint density at radius 1 is 1.32 bits per heavy atom. The molecule has 3 unspecified atom stereocenters. The van der Waals surface area contributed by atoms with Gasteiger partial charge in [0, 0.05) is 6.54 Å². The minimum Gasteiger partial charge on any atom is -0.481 e. The van der Waals surface area contributed by atoms with Crippen LogP contribution in [0.3, 0.4) is 0 Å². The van der Waals surface area contributed by atoms with Crippen molar-refractivity contribution >= 4 is 17.8 Å². The fraction of sp³-hybridized carbons (Fsp3) is 0.643. The van der Waals surface area contributed by atoms with E-state index in [1.165, 1.54) is 4.90 Å². The van der Waals surface area contributed by atoms with Crippen molar-refractivity contribution in [3.63, 3.8) is 0 Å². The average molecular weight is 265 g/mol. The summed E-state index contributed by atoms with van der Waals surface area (Å²) in [7, 11) is 0. The number of likely N-dealkylation sites (tertiary alicyclic amines) is 1. The van der Waals surface area contributed by atoms with Gasteiger partial charge >= 0.3 is 5.97 Å². The molecule has 0 aromatic rings. The summed E-state index contributed by atoms with van der Waals surface area (Å²) in [5.41, 5.74) is -1.06. The molecule has 0 bridgehead atoms. The van der Waals surface area contributed by atoms with Crippen LogP contribution in [0.25, 0.3) is 0 Å². The van der Waals surface area contributed by atoms with Gasteiger partial charge in [-0.15, -0.1) is 0 Å². The van der Waals surface area contributed by atoms with E-state index >= 15 is 0 Å². The highest BCUT2D eigenvalue weighted by Gasteiger charge is 2.49. The minimum atomic E-state index is -1.06. The number of aliphatic carboxylic acids is 1. The van der Waals surface area contributed by atoms with Crippen LogP contribution >= 0.6 is 0 Å². The smallest absolute Gasteiger partial charge is 0.311 e. The van der Waals surface area contributed by atoms with Crippen molar-refractivity contribution in [3.8, 4) is 0 Å². The molecule has 104 valence electrons. The van der Waals surface area contributed by atoms with E-state index in [4.69, 9.17) is 0 Å². The third kappa shape index (κ3) is 2.17. The van der Waals surface area contributed by atoms with Crippen molar-refractivity contribution in [2.24, 2.45) is 17.3 Å². The van der Waals surface area contributed by atoms with Crippen LogP contribution < -0.4 is 0 Å². The molecule has 1 fully saturated rings. The fourth-order valence-electron chi connectivity index (χ4n) is 2.70. The maximum Gasteiger partial charge on any atom is 0.311 e. The zero-order chi connectivity index (χ0) is 14.2. The quantitative estimate of drug-likeness (QED) is 0.616. The average Bonchev–Trinajstić information content (AvgIpc) is 2.64. The summed E-state index contributed by atoms with van der Waals surface area (Å²) in [6.45, 7) is 3.31. The molecule has 1 N–H and O–H groups in total. The second-order valence-electron chi connectivity index (χ2n) is 5.64. The van der Waals surface area contributed by atoms with Crippen molar-refractivity contribution in [1.29, 1.82) is 0 Å². The number of carboxylic acid groups (broad SMARTS) is 1. The Balaban J connectivity index is 2.20. The molecule has 1 saturated heterocycles. The second kappa shape index (κ2) is 4.79. The number of hydrogen-bond acceptors (Lipinski definition) is 3. The van der Waals surface area contributed by atoms with E-state index in [2.05, 4.69) is 0 Å². The van der Waals surface area contributed by atoms with Gasteiger partial charge in [-0.3, -0.25) is 19.3 Å². The third-order valence-electron chi connectivity index (χ3n) is 4.40. The van der Waals surface area contributed by atoms with Crippen molar-refractivity contribution in [1.82, 2.24) is 4.90 Å². The van der Waals surface area contributed by atoms with E-state index in [0.29, 0.717) is 19.3 Å². The lowest BCUT2D eigenvalue weighted by atomic mass is 9.85. The lowest BCUT2D eigenvalue weighted by molar-refractivity contribution is -0.152. The number of carbonyl (C=O) groups excluding carboxylic acids is 2. The summed E-state index contributed by atoms with van der Waals surface area (Å²) < 4.78 is 0. The Bertz CT molecular complexity index is 430. The summed E-state index contributed by atoms with van der Waals surface area (Å²) in [4.78, 5) is 37.0. The van der Waals surface area contributed by atoms with Gasteiger partial charge in [0.1, 0.15) is 0 Å². The number of amides is 2. The van der Waals surface area contributed by atoms with E-state index < -0.39 is 11.4 Å². The first-order chi connectivity index (χ1) is 8.90. The van der Waals surface area contributed by atoms with Gasteiger partial charge in [-0.1, -0.05) is 19.1 Å². The van der Waals surface area contributed by atoms with Gasteiger partial charge in [-0.2, -0.15) is 0 Å². The summed E-state index contributed by atoms with van der Waals surface area (Å²) >= 11 is 0. The van der Waals surface area contributed by atoms with Gasteiger partial charge in [-0.05, 0) is 26.2 Å². The monoisotopic (exact) mass is 265 g/mol. The Labute approximate surface area is 112 Å². The number of nitrogens with zero attached hydrogens (tertiary/aromatic N) is 1. The van der Waals surface area contributed by atoms with Crippen molar-refractivity contribution in [2.45, 2.75) is 33.1 Å². The number of imide groups is 1. The van der Waals surface area contributed by atoms with Gasteiger partial charge in [0.25, 0.3) is 0 Å². The van der Waals surface area contributed by atoms with Gasteiger partial charge in [-0.25, -0.2) is 0 Å². The maximum atomic E-state index is 12.2. The summed E-state index contributed by atoms with van der Waals surface area (Å²) in [5.74, 6) is -1.95. The highest BCUT2D eigenvalue weighted by molar-refractivity contribution is 6.05. The first kappa shape index (κ1) is 13.8. The molecule has 0 spiro atoms. The van der Waals surface area contributed by atoms with Gasteiger partial charge < -0.3 is 5.11 Å². The van der Waals surface area contributed by atoms with Crippen LogP contribution in [0.4, 0.5) is 0 Å². The number of fused-ring (bicyclic) bond motifs is 1. The van der Waals surface area contributed by atoms with Crippen LogP contribution in [0, 0.1) is 17.3 Å². The SMILES string of the molecule is CCC(C)(CN1C(=O)C2CC=CCC2C1=O)C(=O)O. The first-order valence-electron chi connectivity index (χ1n) is 6.64. The van der Waals surface area contributed by atoms with Gasteiger partial charge in [0.2, 0.25) is 11.8 Å². The second-order valence-corrected chi connectivity index (χ2v) is 5.64. The standard InChI is InChI=1S/C14H19NO4/c1-3-14(2,13(18)19)8-15-11(16)9-6-4-5-7-10(9)12(15)17/h4-5,9-10H,3,6-8H2,1-2H3,(H,18,19). The van der Waals surface area contributed by atoms with E-state index in [0.717, 1.165) is 0 Å². The molecular formula is C14H19NO4. The Morgan fingerprint density at radius 2 is 1.79 bits per heavy atom. The fourth-order valence-corrected chi connectivity index (χ4v) is 2.70. The molecule has 2 rings (SSSR count). The minimum absolute atomic E-state index is 0.0243. The maximum absolute atomic E-state index is 12.2. The topological polar surface area (TPSA) is 74.7 Å². The van der Waals surface area contributed by atoms with Crippen LogP contribution in [0.5, 0.6) is 0 Å². The lowest BCUT2D eigenvalue weighted by Crippen LogP contribution is -2.44. The molecule has 0 aromatic heterocycles. The molecular weight excluding hydrogens is 246 g/mol. The Morgan fingerprint density at radius 3 is 2.16 bits per heavy atom. The zero-order valence-corrected chi connectivity index (χ0v) is 11.3. The molecule has 5 nitrogen and oxygen atoms in total. The lowest BCUT2D eigenvalue weighted by Gasteiger charge is -2.28. The number of carboxylic acids is 1. The number of rotatable bonds is 4. The normalized spacial score (nSPS) is 29.3. The van der Waals surface area contributed by atoms with E-state index in [1.807, 2.05) is 12.2 Å². The number of allylic oxidation sites excluding steroid dienone is 2. The summed E-state index contributed by atoms with van der Waals surface area (Å²) in [6.07, 6.45) is 5.40.